The number of carboxylic acid groups (broad SMARTS) is 1. The Hall–Kier alpha value is -0.530. The number of aliphatic carboxylic acids is 1. The van der Waals surface area contributed by atoms with Crippen LogP contribution >= 0.6 is 0 Å². The van der Waals surface area contributed by atoms with Gasteiger partial charge in [-0.05, 0) is 18.8 Å². The van der Waals surface area contributed by atoms with E-state index in [0.717, 1.165) is 31.6 Å². The lowest BCUT2D eigenvalue weighted by atomic mass is 9.94. The molecule has 0 aliphatic rings. The molecule has 0 aromatic heterocycles. The lowest BCUT2D eigenvalue weighted by molar-refractivity contribution is -0.142. The largest absolute Gasteiger partial charge is 0.481 e. The summed E-state index contributed by atoms with van der Waals surface area (Å²) < 4.78 is 0. The molecule has 0 fully saturated rings. The van der Waals surface area contributed by atoms with E-state index in [4.69, 9.17) is 0 Å². The van der Waals surface area contributed by atoms with Gasteiger partial charge < -0.3 is 5.11 Å². The van der Waals surface area contributed by atoms with Crippen molar-refractivity contribution in [3.8, 4) is 0 Å². The summed E-state index contributed by atoms with van der Waals surface area (Å²) in [5, 5.41) is 9.56. The fourth-order valence-corrected chi connectivity index (χ4v) is 5.51. The van der Waals surface area contributed by atoms with Crippen LogP contribution in [0.4, 0.5) is 0 Å². The Balaban J connectivity index is 3.37. The molecule has 1 N–H and O–H groups in total. The zero-order chi connectivity index (χ0) is 26.5. The fraction of sp³-hybridized carbons (Fsp3) is 0.971. The lowest BCUT2D eigenvalue weighted by Gasteiger charge is -2.12. The van der Waals surface area contributed by atoms with Gasteiger partial charge in [0.2, 0.25) is 0 Å². The Labute approximate surface area is 228 Å². The summed E-state index contributed by atoms with van der Waals surface area (Å²) in [4.78, 5) is 11.6. The molecule has 1 unspecified atom stereocenters. The molecule has 1 atom stereocenters. The monoisotopic (exact) mass is 509 g/mol. The third-order valence-corrected chi connectivity index (χ3v) is 8.09. The quantitative estimate of drug-likeness (QED) is 0.0979. The third-order valence-electron chi connectivity index (χ3n) is 8.09. The average molecular weight is 509 g/mol. The molecular weight excluding hydrogens is 440 g/mol. The standard InChI is InChI=1S/C34H68O2/c1-4-5-6-7-8-9-10-11-12-13-14-15-16-17-18-21-24-27-30-33(34(35)36)31-28-25-22-19-20-23-26-29-32(2)3/h32-33H,4-31H2,1-3H3,(H,35,36). The van der Waals surface area contributed by atoms with Crippen molar-refractivity contribution in [2.24, 2.45) is 11.8 Å². The Morgan fingerprint density at radius 1 is 0.444 bits per heavy atom. The van der Waals surface area contributed by atoms with Crippen LogP contribution in [0.3, 0.4) is 0 Å². The second-order valence-electron chi connectivity index (χ2n) is 12.3. The highest BCUT2D eigenvalue weighted by Gasteiger charge is 2.16. The van der Waals surface area contributed by atoms with Crippen LogP contribution < -0.4 is 0 Å². The summed E-state index contributed by atoms with van der Waals surface area (Å²) in [5.41, 5.74) is 0. The summed E-state index contributed by atoms with van der Waals surface area (Å²) in [6.45, 7) is 6.90. The third kappa shape index (κ3) is 28.0. The van der Waals surface area contributed by atoms with Crippen LogP contribution in [-0.4, -0.2) is 11.1 Å². The lowest BCUT2D eigenvalue weighted by Crippen LogP contribution is -2.13. The van der Waals surface area contributed by atoms with Crippen LogP contribution in [0.25, 0.3) is 0 Å². The molecule has 0 amide bonds. The molecule has 0 bridgehead atoms. The number of hydrogen-bond donors (Lipinski definition) is 1. The normalized spacial score (nSPS) is 12.4. The van der Waals surface area contributed by atoms with Crippen molar-refractivity contribution in [3.05, 3.63) is 0 Å². The van der Waals surface area contributed by atoms with Crippen LogP contribution in [0.1, 0.15) is 201 Å². The SMILES string of the molecule is CCCCCCCCCCCCCCCCCCCCC(CCCCCCCCCC(C)C)C(=O)O. The molecule has 0 saturated carbocycles. The van der Waals surface area contributed by atoms with Gasteiger partial charge in [0, 0.05) is 0 Å². The van der Waals surface area contributed by atoms with Gasteiger partial charge in [0.25, 0.3) is 0 Å². The predicted octanol–water partition coefficient (Wildman–Crippen LogP) is 12.3. The van der Waals surface area contributed by atoms with Gasteiger partial charge in [-0.15, -0.1) is 0 Å². The van der Waals surface area contributed by atoms with E-state index in [1.165, 1.54) is 154 Å². The van der Waals surface area contributed by atoms with E-state index in [2.05, 4.69) is 20.8 Å². The Bertz CT molecular complexity index is 431. The van der Waals surface area contributed by atoms with Crippen LogP contribution in [0.2, 0.25) is 0 Å². The Morgan fingerprint density at radius 2 is 0.694 bits per heavy atom. The van der Waals surface area contributed by atoms with E-state index in [0.29, 0.717) is 0 Å². The first-order valence-electron chi connectivity index (χ1n) is 16.8. The highest BCUT2D eigenvalue weighted by molar-refractivity contribution is 5.69. The first-order chi connectivity index (χ1) is 17.6. The van der Waals surface area contributed by atoms with E-state index >= 15 is 0 Å². The molecule has 2 heteroatoms. The van der Waals surface area contributed by atoms with Gasteiger partial charge >= 0.3 is 5.97 Å². The molecule has 36 heavy (non-hydrogen) atoms. The molecular formula is C34H68O2. The number of rotatable bonds is 30. The van der Waals surface area contributed by atoms with Gasteiger partial charge in [0.1, 0.15) is 0 Å². The van der Waals surface area contributed by atoms with Crippen molar-refractivity contribution in [1.82, 2.24) is 0 Å². The van der Waals surface area contributed by atoms with Crippen LogP contribution in [0.15, 0.2) is 0 Å². The van der Waals surface area contributed by atoms with Crippen molar-refractivity contribution in [2.75, 3.05) is 0 Å². The summed E-state index contributed by atoms with van der Waals surface area (Å²) in [6, 6.07) is 0. The maximum atomic E-state index is 11.6. The molecule has 0 rings (SSSR count). The molecule has 0 saturated heterocycles. The first-order valence-corrected chi connectivity index (χ1v) is 16.8. The minimum absolute atomic E-state index is 0.0999. The topological polar surface area (TPSA) is 37.3 Å². The maximum absolute atomic E-state index is 11.6. The molecule has 0 aliphatic heterocycles. The Kier molecular flexibility index (Phi) is 28.6. The van der Waals surface area contributed by atoms with Gasteiger partial charge in [0.15, 0.2) is 0 Å². The van der Waals surface area contributed by atoms with Gasteiger partial charge in [-0.3, -0.25) is 4.79 Å². The van der Waals surface area contributed by atoms with E-state index in [-0.39, 0.29) is 5.92 Å². The van der Waals surface area contributed by atoms with Gasteiger partial charge in [-0.1, -0.05) is 188 Å². The predicted molar refractivity (Wildman–Crippen MR) is 161 cm³/mol. The van der Waals surface area contributed by atoms with Crippen molar-refractivity contribution in [2.45, 2.75) is 201 Å². The smallest absolute Gasteiger partial charge is 0.306 e. The maximum Gasteiger partial charge on any atom is 0.306 e. The van der Waals surface area contributed by atoms with E-state index < -0.39 is 5.97 Å². The molecule has 0 aliphatic carbocycles. The van der Waals surface area contributed by atoms with Crippen LogP contribution in [0.5, 0.6) is 0 Å². The van der Waals surface area contributed by atoms with Crippen LogP contribution in [0, 0.1) is 11.8 Å². The fourth-order valence-electron chi connectivity index (χ4n) is 5.51. The highest BCUT2D eigenvalue weighted by Crippen LogP contribution is 2.20. The first kappa shape index (κ1) is 35.5. The average Bonchev–Trinajstić information content (AvgIpc) is 2.85. The van der Waals surface area contributed by atoms with Gasteiger partial charge in [-0.2, -0.15) is 0 Å². The molecule has 0 heterocycles. The molecule has 0 aromatic rings. The summed E-state index contributed by atoms with van der Waals surface area (Å²) >= 11 is 0. The van der Waals surface area contributed by atoms with Crippen molar-refractivity contribution >= 4 is 5.97 Å². The van der Waals surface area contributed by atoms with Crippen molar-refractivity contribution in [3.63, 3.8) is 0 Å². The number of carboxylic acids is 1. The van der Waals surface area contributed by atoms with Crippen molar-refractivity contribution in [1.29, 1.82) is 0 Å². The van der Waals surface area contributed by atoms with Crippen LogP contribution in [-0.2, 0) is 4.79 Å². The number of unbranched alkanes of at least 4 members (excludes halogenated alkanes) is 23. The molecule has 0 aromatic carbocycles. The van der Waals surface area contributed by atoms with Crippen molar-refractivity contribution < 1.29 is 9.90 Å². The number of hydrogen-bond acceptors (Lipinski definition) is 1. The zero-order valence-electron chi connectivity index (χ0n) is 25.3. The molecule has 0 spiro atoms. The van der Waals surface area contributed by atoms with E-state index in [1.807, 2.05) is 0 Å². The summed E-state index contributed by atoms with van der Waals surface area (Å²) in [5.74, 6) is 0.176. The van der Waals surface area contributed by atoms with E-state index in [1.54, 1.807) is 0 Å². The van der Waals surface area contributed by atoms with E-state index in [9.17, 15) is 9.90 Å². The Morgan fingerprint density at radius 3 is 0.944 bits per heavy atom. The van der Waals surface area contributed by atoms with Gasteiger partial charge in [-0.25, -0.2) is 0 Å². The van der Waals surface area contributed by atoms with Gasteiger partial charge in [0.05, 0.1) is 5.92 Å². The molecule has 2 nitrogen and oxygen atoms in total. The molecule has 0 radical (unpaired) electrons. The minimum Gasteiger partial charge on any atom is -0.481 e. The second-order valence-corrected chi connectivity index (χ2v) is 12.3. The summed E-state index contributed by atoms with van der Waals surface area (Å²) in [7, 11) is 0. The highest BCUT2D eigenvalue weighted by atomic mass is 16.4. The molecule has 216 valence electrons. The second kappa shape index (κ2) is 29.0. The summed E-state index contributed by atoms with van der Waals surface area (Å²) in [6.07, 6.45) is 37.1. The minimum atomic E-state index is -0.560. The zero-order valence-corrected chi connectivity index (χ0v) is 25.3. The number of carbonyl (C=O) groups is 1.